The summed E-state index contributed by atoms with van der Waals surface area (Å²) in [5.74, 6) is -0.740. The average molecular weight is 277 g/mol. The number of carbonyl (C=O) groups excluding carboxylic acids is 1. The van der Waals surface area contributed by atoms with Gasteiger partial charge in [0.1, 0.15) is 5.75 Å². The monoisotopic (exact) mass is 277 g/mol. The van der Waals surface area contributed by atoms with Gasteiger partial charge in [0.05, 0.1) is 18.6 Å². The first-order chi connectivity index (χ1) is 9.43. The minimum atomic E-state index is -0.810. The van der Waals surface area contributed by atoms with Gasteiger partial charge in [-0.1, -0.05) is 18.6 Å². The Labute approximate surface area is 118 Å². The lowest BCUT2D eigenvalue weighted by Crippen LogP contribution is -2.53. The van der Waals surface area contributed by atoms with Crippen molar-refractivity contribution in [2.75, 3.05) is 20.2 Å². The molecule has 1 aromatic rings. The smallest absolute Gasteiger partial charge is 0.306 e. The number of hydrogen-bond acceptors (Lipinski definition) is 3. The number of aliphatic carboxylic acids is 1. The highest BCUT2D eigenvalue weighted by atomic mass is 16.5. The normalized spacial score (nSPS) is 16.4. The number of ether oxygens (including phenoxy) is 1. The van der Waals surface area contributed by atoms with Gasteiger partial charge in [0.15, 0.2) is 0 Å². The molecular weight excluding hydrogens is 258 g/mol. The van der Waals surface area contributed by atoms with Gasteiger partial charge in [-0.05, 0) is 19.1 Å². The summed E-state index contributed by atoms with van der Waals surface area (Å²) in [5.41, 5.74) is 1.53. The molecule has 1 atom stereocenters. The molecule has 0 aliphatic carbocycles. The molecule has 5 heteroatoms. The van der Waals surface area contributed by atoms with E-state index in [1.807, 2.05) is 13.0 Å². The Morgan fingerprint density at radius 2 is 2.05 bits per heavy atom. The number of likely N-dealkylation sites (tertiary alicyclic amines) is 1. The van der Waals surface area contributed by atoms with Gasteiger partial charge in [-0.2, -0.15) is 0 Å². The second kappa shape index (κ2) is 5.53. The van der Waals surface area contributed by atoms with Crippen molar-refractivity contribution in [3.05, 3.63) is 29.3 Å². The quantitative estimate of drug-likeness (QED) is 0.911. The van der Waals surface area contributed by atoms with Gasteiger partial charge in [0.25, 0.3) is 5.91 Å². The Morgan fingerprint density at radius 3 is 2.60 bits per heavy atom. The molecular formula is C15H19NO4. The maximum Gasteiger partial charge on any atom is 0.306 e. The number of aryl methyl sites for hydroxylation is 1. The fourth-order valence-corrected chi connectivity index (χ4v) is 2.36. The fraction of sp³-hybridized carbons (Fsp3) is 0.467. The van der Waals surface area contributed by atoms with E-state index in [4.69, 9.17) is 9.84 Å². The number of carbonyl (C=O) groups is 2. The van der Waals surface area contributed by atoms with Crippen LogP contribution >= 0.6 is 0 Å². The second-order valence-electron chi connectivity index (χ2n) is 5.30. The van der Waals surface area contributed by atoms with E-state index in [2.05, 4.69) is 0 Å². The van der Waals surface area contributed by atoms with Crippen LogP contribution in [0.25, 0.3) is 0 Å². The lowest BCUT2D eigenvalue weighted by atomic mass is 9.86. The van der Waals surface area contributed by atoms with Gasteiger partial charge in [0.2, 0.25) is 0 Å². The third-order valence-electron chi connectivity index (χ3n) is 3.88. The molecule has 1 unspecified atom stereocenters. The van der Waals surface area contributed by atoms with Crippen LogP contribution < -0.4 is 4.74 Å². The third kappa shape index (κ3) is 2.61. The van der Waals surface area contributed by atoms with Crippen LogP contribution in [-0.4, -0.2) is 42.1 Å². The Kier molecular flexibility index (Phi) is 3.97. The number of carboxylic acids is 1. The molecule has 0 spiro atoms. The second-order valence-corrected chi connectivity index (χ2v) is 5.30. The van der Waals surface area contributed by atoms with Gasteiger partial charge in [-0.3, -0.25) is 9.59 Å². The first kappa shape index (κ1) is 14.4. The molecule has 108 valence electrons. The highest BCUT2D eigenvalue weighted by Crippen LogP contribution is 2.28. The van der Waals surface area contributed by atoms with Crippen molar-refractivity contribution in [2.45, 2.75) is 13.8 Å². The van der Waals surface area contributed by atoms with Crippen LogP contribution in [-0.2, 0) is 4.79 Å². The first-order valence-corrected chi connectivity index (χ1v) is 6.60. The van der Waals surface area contributed by atoms with Gasteiger partial charge >= 0.3 is 5.97 Å². The zero-order valence-corrected chi connectivity index (χ0v) is 11.9. The Bertz CT molecular complexity index is 535. The van der Waals surface area contributed by atoms with E-state index >= 15 is 0 Å². The molecule has 1 aliphatic rings. The van der Waals surface area contributed by atoms with E-state index in [0.29, 0.717) is 24.4 Å². The van der Waals surface area contributed by atoms with Crippen LogP contribution in [0.3, 0.4) is 0 Å². The number of carboxylic acid groups (broad SMARTS) is 1. The Morgan fingerprint density at radius 1 is 1.40 bits per heavy atom. The highest BCUT2D eigenvalue weighted by molar-refractivity contribution is 5.97. The van der Waals surface area contributed by atoms with Crippen molar-refractivity contribution in [1.82, 2.24) is 4.90 Å². The molecule has 5 nitrogen and oxygen atoms in total. The number of hydrogen-bond donors (Lipinski definition) is 1. The Balaban J connectivity index is 2.08. The van der Waals surface area contributed by atoms with Crippen LogP contribution in [0, 0.1) is 18.8 Å². The van der Waals surface area contributed by atoms with Crippen molar-refractivity contribution >= 4 is 11.9 Å². The summed E-state index contributed by atoms with van der Waals surface area (Å²) in [6.07, 6.45) is 0. The number of methoxy groups -OCH3 is 1. The van der Waals surface area contributed by atoms with Gasteiger partial charge in [-0.25, -0.2) is 0 Å². The predicted molar refractivity (Wildman–Crippen MR) is 73.9 cm³/mol. The van der Waals surface area contributed by atoms with E-state index in [-0.39, 0.29) is 11.8 Å². The van der Waals surface area contributed by atoms with E-state index < -0.39 is 11.9 Å². The minimum Gasteiger partial charge on any atom is -0.496 e. The number of rotatable bonds is 4. The van der Waals surface area contributed by atoms with E-state index in [9.17, 15) is 9.59 Å². The van der Waals surface area contributed by atoms with Crippen molar-refractivity contribution < 1.29 is 19.4 Å². The van der Waals surface area contributed by atoms with Crippen molar-refractivity contribution in [2.24, 2.45) is 11.8 Å². The van der Waals surface area contributed by atoms with E-state index in [0.717, 1.165) is 5.56 Å². The average Bonchev–Trinajstić information content (AvgIpc) is 2.36. The van der Waals surface area contributed by atoms with Crippen LogP contribution in [0.15, 0.2) is 18.2 Å². The van der Waals surface area contributed by atoms with Crippen molar-refractivity contribution in [3.8, 4) is 5.75 Å². The summed E-state index contributed by atoms with van der Waals surface area (Å²) >= 11 is 0. The van der Waals surface area contributed by atoms with Crippen molar-refractivity contribution in [1.29, 1.82) is 0 Å². The maximum atomic E-state index is 12.4. The van der Waals surface area contributed by atoms with Crippen LogP contribution in [0.4, 0.5) is 0 Å². The van der Waals surface area contributed by atoms with Gasteiger partial charge < -0.3 is 14.7 Å². The van der Waals surface area contributed by atoms with E-state index in [1.165, 1.54) is 7.11 Å². The summed E-state index contributed by atoms with van der Waals surface area (Å²) in [7, 11) is 1.53. The van der Waals surface area contributed by atoms with Gasteiger partial charge in [-0.15, -0.1) is 0 Å². The molecule has 1 amide bonds. The highest BCUT2D eigenvalue weighted by Gasteiger charge is 2.38. The lowest BCUT2D eigenvalue weighted by molar-refractivity contribution is -0.144. The largest absolute Gasteiger partial charge is 0.496 e. The summed E-state index contributed by atoms with van der Waals surface area (Å²) in [5, 5.41) is 8.95. The summed E-state index contributed by atoms with van der Waals surface area (Å²) in [6, 6.07) is 5.47. The standard InChI is InChI=1S/C15H19NO4/c1-9-4-5-13(20-3)12(6-9)14(17)16-7-11(8-16)10(2)15(18)19/h4-6,10-11H,7-8H2,1-3H3,(H,18,19). The zero-order chi connectivity index (χ0) is 14.9. The predicted octanol–water partition coefficient (Wildman–Crippen LogP) is 1.80. The molecule has 1 aliphatic heterocycles. The van der Waals surface area contributed by atoms with Crippen LogP contribution in [0.1, 0.15) is 22.8 Å². The topological polar surface area (TPSA) is 66.8 Å². The third-order valence-corrected chi connectivity index (χ3v) is 3.88. The van der Waals surface area contributed by atoms with E-state index in [1.54, 1.807) is 24.0 Å². The maximum absolute atomic E-state index is 12.4. The summed E-state index contributed by atoms with van der Waals surface area (Å²) in [4.78, 5) is 25.0. The van der Waals surface area contributed by atoms with Crippen LogP contribution in [0.2, 0.25) is 0 Å². The zero-order valence-electron chi connectivity index (χ0n) is 11.9. The molecule has 1 N–H and O–H groups in total. The number of benzene rings is 1. The molecule has 0 bridgehead atoms. The van der Waals surface area contributed by atoms with Gasteiger partial charge in [0, 0.05) is 19.0 Å². The lowest BCUT2D eigenvalue weighted by Gasteiger charge is -2.41. The number of nitrogens with zero attached hydrogens (tertiary/aromatic N) is 1. The Hall–Kier alpha value is -2.04. The molecule has 0 saturated carbocycles. The molecule has 1 saturated heterocycles. The van der Waals surface area contributed by atoms with Crippen molar-refractivity contribution in [3.63, 3.8) is 0 Å². The minimum absolute atomic E-state index is 0.0345. The molecule has 1 aromatic carbocycles. The number of amides is 1. The molecule has 20 heavy (non-hydrogen) atoms. The fourth-order valence-electron chi connectivity index (χ4n) is 2.36. The molecule has 1 fully saturated rings. The molecule has 0 aromatic heterocycles. The first-order valence-electron chi connectivity index (χ1n) is 6.60. The van der Waals surface area contributed by atoms with Crippen LogP contribution in [0.5, 0.6) is 5.75 Å². The molecule has 1 heterocycles. The molecule has 2 rings (SSSR count). The SMILES string of the molecule is COc1ccc(C)cc1C(=O)N1CC(C(C)C(=O)O)C1. The summed E-state index contributed by atoms with van der Waals surface area (Å²) in [6.45, 7) is 4.58. The summed E-state index contributed by atoms with van der Waals surface area (Å²) < 4.78 is 5.21. The molecule has 0 radical (unpaired) electrons.